The number of rotatable bonds is 6. The molecule has 1 aliphatic heterocycles. The Morgan fingerprint density at radius 2 is 1.54 bits per heavy atom. The van der Waals surface area contributed by atoms with Gasteiger partial charge in [-0.3, -0.25) is 0 Å². The minimum atomic E-state index is 0.0329. The minimum Gasteiger partial charge on any atom is -0.497 e. The minimum absolute atomic E-state index is 0.0329. The molecule has 0 aromatic heterocycles. The fourth-order valence-corrected chi connectivity index (χ4v) is 2.95. The van der Waals surface area contributed by atoms with E-state index in [-0.39, 0.29) is 12.2 Å². The smallest absolute Gasteiger partial charge is 0.118 e. The lowest BCUT2D eigenvalue weighted by Crippen LogP contribution is -2.19. The monoisotopic (exact) mass is 324 g/mol. The van der Waals surface area contributed by atoms with E-state index < -0.39 is 0 Å². The summed E-state index contributed by atoms with van der Waals surface area (Å²) in [5.41, 5.74) is 2.48. The van der Waals surface area contributed by atoms with Gasteiger partial charge in [0, 0.05) is 0 Å². The average molecular weight is 324 g/mol. The van der Waals surface area contributed by atoms with Crippen molar-refractivity contribution in [3.63, 3.8) is 0 Å². The molecule has 3 heteroatoms. The summed E-state index contributed by atoms with van der Waals surface area (Å²) in [6.07, 6.45) is 7.67. The molecule has 2 aromatic carbocycles. The van der Waals surface area contributed by atoms with Gasteiger partial charge in [-0.15, -0.1) is 0 Å². The highest BCUT2D eigenvalue weighted by Gasteiger charge is 2.19. The van der Waals surface area contributed by atoms with Gasteiger partial charge in [-0.1, -0.05) is 36.4 Å². The van der Waals surface area contributed by atoms with Crippen LogP contribution in [0.2, 0.25) is 0 Å². The quantitative estimate of drug-likeness (QED) is 0.719. The number of hydrogen-bond donors (Lipinski definition) is 0. The molecule has 1 heterocycles. The van der Waals surface area contributed by atoms with Gasteiger partial charge in [0.1, 0.15) is 17.6 Å². The van der Waals surface area contributed by atoms with Crippen molar-refractivity contribution in [3.05, 3.63) is 71.8 Å². The third-order valence-corrected chi connectivity index (χ3v) is 4.41. The Hall–Kier alpha value is -2.26. The first-order chi connectivity index (χ1) is 11.8. The van der Waals surface area contributed by atoms with Crippen molar-refractivity contribution >= 4 is 0 Å². The summed E-state index contributed by atoms with van der Waals surface area (Å²) < 4.78 is 16.7. The topological polar surface area (TPSA) is 27.7 Å². The zero-order valence-corrected chi connectivity index (χ0v) is 14.3. The molecule has 1 aliphatic rings. The summed E-state index contributed by atoms with van der Waals surface area (Å²) >= 11 is 0. The van der Waals surface area contributed by atoms with Crippen molar-refractivity contribution in [2.45, 2.75) is 31.5 Å². The van der Waals surface area contributed by atoms with Crippen molar-refractivity contribution in [1.82, 2.24) is 0 Å². The summed E-state index contributed by atoms with van der Waals surface area (Å²) in [6.45, 7) is 0. The van der Waals surface area contributed by atoms with Gasteiger partial charge in [0.25, 0.3) is 0 Å². The van der Waals surface area contributed by atoms with Crippen LogP contribution in [0.25, 0.3) is 0 Å². The third-order valence-electron chi connectivity index (χ3n) is 4.41. The fraction of sp³-hybridized carbons (Fsp3) is 0.333. The lowest BCUT2D eigenvalue weighted by Gasteiger charge is -2.26. The number of methoxy groups -OCH3 is 2. The predicted molar refractivity (Wildman–Crippen MR) is 95.7 cm³/mol. The molecule has 3 rings (SSSR count). The van der Waals surface area contributed by atoms with Gasteiger partial charge in [-0.25, -0.2) is 0 Å². The fourth-order valence-electron chi connectivity index (χ4n) is 2.95. The summed E-state index contributed by atoms with van der Waals surface area (Å²) in [5, 5.41) is 0. The summed E-state index contributed by atoms with van der Waals surface area (Å²) in [5.74, 6) is 1.77. The first kappa shape index (κ1) is 16.6. The predicted octanol–water partition coefficient (Wildman–Crippen LogP) is 4.72. The molecule has 0 N–H and O–H groups in total. The molecular formula is C21H24O3. The van der Waals surface area contributed by atoms with E-state index in [4.69, 9.17) is 14.2 Å². The van der Waals surface area contributed by atoms with E-state index in [9.17, 15) is 0 Å². The van der Waals surface area contributed by atoms with Crippen molar-refractivity contribution in [1.29, 1.82) is 0 Å². The second-order valence-electron chi connectivity index (χ2n) is 6.00. The van der Waals surface area contributed by atoms with Crippen LogP contribution in [0.4, 0.5) is 0 Å². The highest BCUT2D eigenvalue weighted by Crippen LogP contribution is 2.29. The maximum atomic E-state index is 6.26. The second kappa shape index (κ2) is 8.02. The van der Waals surface area contributed by atoms with Crippen molar-refractivity contribution < 1.29 is 14.2 Å². The first-order valence-corrected chi connectivity index (χ1v) is 8.37. The molecule has 0 bridgehead atoms. The van der Waals surface area contributed by atoms with Gasteiger partial charge in [0.2, 0.25) is 0 Å². The number of hydrogen-bond acceptors (Lipinski definition) is 3. The molecule has 0 aliphatic carbocycles. The van der Waals surface area contributed by atoms with Crippen LogP contribution in [0, 0.1) is 0 Å². The van der Waals surface area contributed by atoms with E-state index in [1.807, 2.05) is 24.3 Å². The maximum Gasteiger partial charge on any atom is 0.118 e. The van der Waals surface area contributed by atoms with Crippen molar-refractivity contribution in [3.8, 4) is 11.5 Å². The van der Waals surface area contributed by atoms with Crippen LogP contribution in [-0.4, -0.2) is 20.3 Å². The Bertz CT molecular complexity index is 658. The van der Waals surface area contributed by atoms with E-state index in [1.165, 1.54) is 11.1 Å². The molecule has 0 saturated heterocycles. The van der Waals surface area contributed by atoms with Gasteiger partial charge in [-0.05, 0) is 54.7 Å². The van der Waals surface area contributed by atoms with E-state index in [0.29, 0.717) is 0 Å². The first-order valence-electron chi connectivity index (χ1n) is 8.37. The molecule has 0 spiro atoms. The van der Waals surface area contributed by atoms with Crippen molar-refractivity contribution in [2.75, 3.05) is 14.2 Å². The lowest BCUT2D eigenvalue weighted by molar-refractivity contribution is 0.000722. The molecule has 0 saturated carbocycles. The largest absolute Gasteiger partial charge is 0.497 e. The molecular weight excluding hydrogens is 300 g/mol. The molecule has 0 fully saturated rings. The Morgan fingerprint density at radius 3 is 2.17 bits per heavy atom. The Kier molecular flexibility index (Phi) is 5.55. The molecule has 0 amide bonds. The van der Waals surface area contributed by atoms with Crippen LogP contribution in [-0.2, 0) is 11.2 Å². The summed E-state index contributed by atoms with van der Waals surface area (Å²) in [7, 11) is 3.37. The summed E-state index contributed by atoms with van der Waals surface area (Å²) in [6, 6.07) is 16.4. The molecule has 24 heavy (non-hydrogen) atoms. The SMILES string of the molecule is COc1ccc(CC[C@@H]2CC=C[C@@H](c3ccc(OC)cc3)O2)cc1. The van der Waals surface area contributed by atoms with E-state index in [2.05, 4.69) is 36.4 Å². The normalized spacial score (nSPS) is 19.9. The number of ether oxygens (including phenoxy) is 3. The zero-order chi connectivity index (χ0) is 16.8. The number of aryl methyl sites for hydroxylation is 1. The van der Waals surface area contributed by atoms with Crippen LogP contribution >= 0.6 is 0 Å². The van der Waals surface area contributed by atoms with Crippen LogP contribution in [0.15, 0.2) is 60.7 Å². The molecule has 126 valence electrons. The van der Waals surface area contributed by atoms with E-state index in [0.717, 1.165) is 30.8 Å². The standard InChI is InChI=1S/C21H24O3/c1-22-18-11-6-16(7-12-18)8-13-20-4-3-5-21(24-20)17-9-14-19(23-2)15-10-17/h3,5-7,9-12,14-15,20-21H,4,8,13H2,1-2H3/t20-,21-/m0/s1. The molecule has 3 nitrogen and oxygen atoms in total. The van der Waals surface area contributed by atoms with Crippen LogP contribution in [0.5, 0.6) is 11.5 Å². The van der Waals surface area contributed by atoms with Crippen LogP contribution in [0.3, 0.4) is 0 Å². The van der Waals surface area contributed by atoms with Gasteiger partial charge in [-0.2, -0.15) is 0 Å². The van der Waals surface area contributed by atoms with Gasteiger partial charge < -0.3 is 14.2 Å². The molecule has 2 atom stereocenters. The van der Waals surface area contributed by atoms with Crippen molar-refractivity contribution in [2.24, 2.45) is 0 Å². The molecule has 0 unspecified atom stereocenters. The zero-order valence-electron chi connectivity index (χ0n) is 14.3. The van der Waals surface area contributed by atoms with Crippen LogP contribution in [0.1, 0.15) is 30.1 Å². The van der Waals surface area contributed by atoms with Crippen LogP contribution < -0.4 is 9.47 Å². The van der Waals surface area contributed by atoms with Gasteiger partial charge >= 0.3 is 0 Å². The average Bonchev–Trinajstić information content (AvgIpc) is 2.67. The van der Waals surface area contributed by atoms with E-state index in [1.54, 1.807) is 14.2 Å². The molecule has 0 radical (unpaired) electrons. The lowest BCUT2D eigenvalue weighted by atomic mass is 10.00. The Balaban J connectivity index is 1.56. The van der Waals surface area contributed by atoms with Gasteiger partial charge in [0.15, 0.2) is 0 Å². The Morgan fingerprint density at radius 1 is 0.917 bits per heavy atom. The van der Waals surface area contributed by atoms with E-state index >= 15 is 0 Å². The Labute approximate surface area is 143 Å². The highest BCUT2D eigenvalue weighted by atomic mass is 16.5. The second-order valence-corrected chi connectivity index (χ2v) is 6.00. The number of benzene rings is 2. The highest BCUT2D eigenvalue weighted by molar-refractivity contribution is 5.31. The van der Waals surface area contributed by atoms with Gasteiger partial charge in [0.05, 0.1) is 20.3 Å². The summed E-state index contributed by atoms with van der Waals surface area (Å²) in [4.78, 5) is 0. The third kappa shape index (κ3) is 4.18. The maximum absolute atomic E-state index is 6.26. The molecule has 2 aromatic rings.